The lowest BCUT2D eigenvalue weighted by molar-refractivity contribution is 0.0810. The molecule has 0 aliphatic carbocycles. The van der Waals surface area contributed by atoms with E-state index in [1.165, 1.54) is 6.20 Å². The van der Waals surface area contributed by atoms with Gasteiger partial charge in [-0.2, -0.15) is 5.26 Å². The molecule has 0 atom stereocenters. The van der Waals surface area contributed by atoms with E-state index < -0.39 is 18.8 Å². The number of likely N-dealkylation sites (tertiary alicyclic amines) is 1. The second-order valence-electron chi connectivity index (χ2n) is 7.89. The third-order valence-corrected chi connectivity index (χ3v) is 5.27. The van der Waals surface area contributed by atoms with Gasteiger partial charge in [-0.25, -0.2) is 8.78 Å². The molecule has 0 unspecified atom stereocenters. The molecule has 0 radical (unpaired) electrons. The normalized spacial score (nSPS) is 16.1. The van der Waals surface area contributed by atoms with E-state index >= 15 is 0 Å². The molecule has 162 valence electrons. The van der Waals surface area contributed by atoms with Gasteiger partial charge in [-0.15, -0.1) is 0 Å². The van der Waals surface area contributed by atoms with Crippen molar-refractivity contribution in [3.05, 3.63) is 41.2 Å². The van der Waals surface area contributed by atoms with Crippen molar-refractivity contribution in [3.63, 3.8) is 0 Å². The van der Waals surface area contributed by atoms with Crippen LogP contribution in [0.1, 0.15) is 36.2 Å². The number of aromatic nitrogens is 1. The Bertz CT molecular complexity index is 989. The fourth-order valence-corrected chi connectivity index (χ4v) is 3.76. The summed E-state index contributed by atoms with van der Waals surface area (Å²) in [6.45, 7) is 1.17. The van der Waals surface area contributed by atoms with Gasteiger partial charge in [0.05, 0.1) is 5.69 Å². The van der Waals surface area contributed by atoms with Gasteiger partial charge in [0, 0.05) is 32.6 Å². The fourth-order valence-electron chi connectivity index (χ4n) is 3.76. The maximum Gasteiger partial charge on any atom is 0.272 e. The first-order valence-corrected chi connectivity index (χ1v) is 9.87. The number of ketones is 1. The number of fused-ring (bicyclic) bond motifs is 1. The highest BCUT2D eigenvalue weighted by molar-refractivity contribution is 6.12. The number of piperidine rings is 1. The van der Waals surface area contributed by atoms with Crippen LogP contribution >= 0.6 is 0 Å². The van der Waals surface area contributed by atoms with Crippen molar-refractivity contribution in [2.45, 2.75) is 25.2 Å². The maximum atomic E-state index is 12.8. The zero-order chi connectivity index (χ0) is 21.8. The van der Waals surface area contributed by atoms with Gasteiger partial charge in [0.25, 0.3) is 6.43 Å². The average Bonchev–Trinajstić information content (AvgIpc) is 3.12. The summed E-state index contributed by atoms with van der Waals surface area (Å²) < 4.78 is 31.0. The smallest absolute Gasteiger partial charge is 0.272 e. The molecule has 2 aromatic rings. The minimum Gasteiger partial charge on any atom is -0.487 e. The van der Waals surface area contributed by atoms with Crippen LogP contribution in [0.4, 0.5) is 8.78 Å². The molecule has 1 aromatic heterocycles. The molecule has 30 heavy (non-hydrogen) atoms. The Kier molecular flexibility index (Phi) is 6.73. The van der Waals surface area contributed by atoms with Crippen LogP contribution < -0.4 is 4.74 Å². The van der Waals surface area contributed by atoms with Gasteiger partial charge in [0.2, 0.25) is 5.78 Å². The lowest BCUT2D eigenvalue weighted by atomic mass is 9.88. The van der Waals surface area contributed by atoms with E-state index in [1.807, 2.05) is 12.1 Å². The van der Waals surface area contributed by atoms with Crippen LogP contribution in [0.3, 0.4) is 0 Å². The lowest BCUT2D eigenvalue weighted by Crippen LogP contribution is -2.29. The number of hydrogen-bond donors (Lipinski definition) is 1. The molecule has 1 saturated heterocycles. The number of halogens is 2. The van der Waals surface area contributed by atoms with Crippen LogP contribution in [0.15, 0.2) is 30.0 Å². The number of Topliss-reactive ketones (excluding diaryl/α,β-unsaturated/α-hetero) is 1. The van der Waals surface area contributed by atoms with Crippen molar-refractivity contribution < 1.29 is 19.7 Å². The molecule has 0 bridgehead atoms. The summed E-state index contributed by atoms with van der Waals surface area (Å²) in [4.78, 5) is 19.7. The molecule has 1 aliphatic rings. The highest BCUT2D eigenvalue weighted by Gasteiger charge is 2.24. The van der Waals surface area contributed by atoms with Crippen molar-refractivity contribution in [2.24, 2.45) is 0 Å². The third-order valence-electron chi connectivity index (χ3n) is 5.27. The molecule has 0 saturated carbocycles. The Morgan fingerprint density at radius 2 is 2.10 bits per heavy atom. The fraction of sp³-hybridized carbons (Fsp3) is 0.455. The van der Waals surface area contributed by atoms with Gasteiger partial charge >= 0.3 is 0 Å². The summed E-state index contributed by atoms with van der Waals surface area (Å²) in [7, 11) is 5.52. The highest BCUT2D eigenvalue weighted by atomic mass is 19.3. The van der Waals surface area contributed by atoms with Gasteiger partial charge in [-0.3, -0.25) is 4.79 Å². The van der Waals surface area contributed by atoms with Crippen LogP contribution in [0.2, 0.25) is 0 Å². The molecular weight excluding hydrogens is 390 g/mol. The molecule has 0 spiro atoms. The summed E-state index contributed by atoms with van der Waals surface area (Å²) in [5.74, 6) is 0.210. The number of benzene rings is 1. The van der Waals surface area contributed by atoms with Crippen LogP contribution in [0.5, 0.6) is 5.75 Å². The Balaban J connectivity index is 0.00000341. The number of carbonyl (C=O) groups is 1. The Morgan fingerprint density at radius 1 is 1.40 bits per heavy atom. The SMILES string of the molecule is CN(C)/C=C(\C#N)C(=O)c1cc2cc(OCC(F)F)c(C3CCN(C)CC3)cc2[nH]1.[HH]. The number of nitriles is 1. The maximum absolute atomic E-state index is 12.8. The molecule has 1 fully saturated rings. The van der Waals surface area contributed by atoms with Crippen molar-refractivity contribution in [1.82, 2.24) is 14.8 Å². The predicted molar refractivity (Wildman–Crippen MR) is 113 cm³/mol. The van der Waals surface area contributed by atoms with Crippen molar-refractivity contribution in [2.75, 3.05) is 40.8 Å². The monoisotopic (exact) mass is 418 g/mol. The zero-order valence-electron chi connectivity index (χ0n) is 17.4. The summed E-state index contributed by atoms with van der Waals surface area (Å²) in [5.41, 5.74) is 1.89. The number of alkyl halides is 2. The predicted octanol–water partition coefficient (Wildman–Crippen LogP) is 4.02. The summed E-state index contributed by atoms with van der Waals surface area (Å²) in [5, 5.41) is 9.99. The minimum absolute atomic E-state index is 0. The van der Waals surface area contributed by atoms with Crippen LogP contribution in [0.25, 0.3) is 10.9 Å². The van der Waals surface area contributed by atoms with Crippen LogP contribution in [-0.2, 0) is 0 Å². The average molecular weight is 418 g/mol. The third kappa shape index (κ3) is 4.97. The molecule has 0 amide bonds. The summed E-state index contributed by atoms with van der Waals surface area (Å²) in [6.07, 6.45) is 0.714. The molecule has 8 heteroatoms. The molecule has 2 heterocycles. The number of aromatic amines is 1. The van der Waals surface area contributed by atoms with Crippen molar-refractivity contribution in [1.29, 1.82) is 5.26 Å². The second-order valence-corrected chi connectivity index (χ2v) is 7.89. The van der Waals surface area contributed by atoms with E-state index in [1.54, 1.807) is 31.1 Å². The van der Waals surface area contributed by atoms with E-state index in [0.29, 0.717) is 11.1 Å². The van der Waals surface area contributed by atoms with Crippen LogP contribution in [0, 0.1) is 11.3 Å². The van der Waals surface area contributed by atoms with E-state index in [4.69, 9.17) is 4.74 Å². The summed E-state index contributed by atoms with van der Waals surface area (Å²) in [6, 6.07) is 7.16. The van der Waals surface area contributed by atoms with Crippen molar-refractivity contribution >= 4 is 16.7 Å². The molecule has 1 aliphatic heterocycles. The van der Waals surface area contributed by atoms with E-state index in [2.05, 4.69) is 16.9 Å². The Hall–Kier alpha value is -2.92. The molecule has 6 nitrogen and oxygen atoms in total. The quantitative estimate of drug-likeness (QED) is 0.418. The number of nitrogens with zero attached hydrogens (tertiary/aromatic N) is 3. The highest BCUT2D eigenvalue weighted by Crippen LogP contribution is 2.37. The van der Waals surface area contributed by atoms with Gasteiger partial charge in [-0.05, 0) is 62.7 Å². The van der Waals surface area contributed by atoms with Gasteiger partial charge in [-0.1, -0.05) is 0 Å². The number of allylic oxidation sites excluding steroid dienone is 1. The molecule has 3 rings (SSSR count). The second kappa shape index (κ2) is 9.26. The van der Waals surface area contributed by atoms with Gasteiger partial charge in [0.1, 0.15) is 24.0 Å². The first kappa shape index (κ1) is 21.8. The molecule has 1 aromatic carbocycles. The number of carbonyl (C=O) groups excluding carboxylic acids is 1. The molecule has 1 N–H and O–H groups in total. The van der Waals surface area contributed by atoms with E-state index in [-0.39, 0.29) is 18.6 Å². The number of hydrogen-bond acceptors (Lipinski definition) is 5. The Morgan fingerprint density at radius 3 is 2.70 bits per heavy atom. The number of ether oxygens (including phenoxy) is 1. The zero-order valence-corrected chi connectivity index (χ0v) is 17.4. The van der Waals surface area contributed by atoms with E-state index in [0.717, 1.165) is 37.0 Å². The summed E-state index contributed by atoms with van der Waals surface area (Å²) >= 11 is 0. The van der Waals surface area contributed by atoms with Crippen LogP contribution in [-0.4, -0.2) is 67.8 Å². The van der Waals surface area contributed by atoms with Gasteiger partial charge < -0.3 is 19.5 Å². The molecular formula is C22H28F2N4O2. The first-order chi connectivity index (χ1) is 14.3. The van der Waals surface area contributed by atoms with E-state index in [9.17, 15) is 18.8 Å². The Labute approximate surface area is 176 Å². The largest absolute Gasteiger partial charge is 0.487 e. The lowest BCUT2D eigenvalue weighted by Gasteiger charge is -2.30. The standard InChI is InChI=1S/C22H26F2N4O2.H2/c1-27(2)12-16(11-25)22(29)19-8-15-9-20(30-13-21(23)24)17(10-18(15)26-19)14-4-6-28(3)7-5-14;/h8-10,12,14,21,26H,4-7,13H2,1-3H3;1H/b16-12+;. The van der Waals surface area contributed by atoms with Gasteiger partial charge in [0.15, 0.2) is 0 Å². The minimum atomic E-state index is -2.57. The topological polar surface area (TPSA) is 72.4 Å². The number of nitrogens with one attached hydrogen (secondary N) is 1. The number of H-pyrrole nitrogens is 1. The van der Waals surface area contributed by atoms with Crippen molar-refractivity contribution in [3.8, 4) is 11.8 Å². The number of rotatable bonds is 7. The first-order valence-electron chi connectivity index (χ1n) is 9.87.